The molecule has 1 N–H and O–H groups in total. The van der Waals surface area contributed by atoms with Gasteiger partial charge in [0.15, 0.2) is 0 Å². The fourth-order valence-corrected chi connectivity index (χ4v) is 3.36. The van der Waals surface area contributed by atoms with Gasteiger partial charge < -0.3 is 5.32 Å². The van der Waals surface area contributed by atoms with Gasteiger partial charge in [-0.05, 0) is 39.8 Å². The molecule has 100 valence electrons. The average molecular weight is 239 g/mol. The van der Waals surface area contributed by atoms with Crippen LogP contribution < -0.4 is 5.32 Å². The van der Waals surface area contributed by atoms with Gasteiger partial charge in [0.2, 0.25) is 0 Å². The minimum atomic E-state index is 0.607. The van der Waals surface area contributed by atoms with Gasteiger partial charge in [-0.25, -0.2) is 0 Å². The molecule has 3 nitrogen and oxygen atoms in total. The summed E-state index contributed by atoms with van der Waals surface area (Å²) < 4.78 is 0. The van der Waals surface area contributed by atoms with Gasteiger partial charge in [0.1, 0.15) is 0 Å². The first kappa shape index (κ1) is 13.3. The highest BCUT2D eigenvalue weighted by Crippen LogP contribution is 2.22. The second-order valence-corrected chi connectivity index (χ2v) is 5.77. The van der Waals surface area contributed by atoms with Crippen molar-refractivity contribution >= 4 is 0 Å². The van der Waals surface area contributed by atoms with Crippen LogP contribution in [0.1, 0.15) is 40.0 Å². The van der Waals surface area contributed by atoms with Crippen molar-refractivity contribution in [3.8, 4) is 0 Å². The number of hydrogen-bond acceptors (Lipinski definition) is 3. The van der Waals surface area contributed by atoms with E-state index in [4.69, 9.17) is 0 Å². The third-order valence-electron chi connectivity index (χ3n) is 4.69. The van der Waals surface area contributed by atoms with Crippen LogP contribution in [0.5, 0.6) is 0 Å². The summed E-state index contributed by atoms with van der Waals surface area (Å²) in [5, 5.41) is 3.56. The van der Waals surface area contributed by atoms with Crippen molar-refractivity contribution < 1.29 is 0 Å². The fraction of sp³-hybridized carbons (Fsp3) is 1.00. The van der Waals surface area contributed by atoms with Crippen molar-refractivity contribution in [2.45, 2.75) is 58.2 Å². The number of piperazine rings is 1. The molecule has 2 aliphatic rings. The van der Waals surface area contributed by atoms with Crippen LogP contribution in [0.2, 0.25) is 0 Å². The second kappa shape index (κ2) is 6.17. The predicted octanol–water partition coefficient (Wildman–Crippen LogP) is 1.54. The fourth-order valence-electron chi connectivity index (χ4n) is 3.36. The lowest BCUT2D eigenvalue weighted by Gasteiger charge is -2.47. The Balaban J connectivity index is 1.86. The van der Waals surface area contributed by atoms with Crippen molar-refractivity contribution in [3.63, 3.8) is 0 Å². The number of likely N-dealkylation sites (N-methyl/N-ethyl adjacent to an activating group) is 1. The van der Waals surface area contributed by atoms with Crippen LogP contribution in [0.25, 0.3) is 0 Å². The maximum absolute atomic E-state index is 3.56. The number of fused-ring (bicyclic) bond motifs is 1. The minimum absolute atomic E-state index is 0.607. The van der Waals surface area contributed by atoms with Gasteiger partial charge in [0, 0.05) is 37.8 Å². The molecule has 3 atom stereocenters. The van der Waals surface area contributed by atoms with Gasteiger partial charge in [0.05, 0.1) is 0 Å². The Kier molecular flexibility index (Phi) is 4.83. The van der Waals surface area contributed by atoms with E-state index in [0.717, 1.165) is 12.6 Å². The number of rotatable bonds is 4. The van der Waals surface area contributed by atoms with Crippen LogP contribution in [0, 0.1) is 0 Å². The van der Waals surface area contributed by atoms with Gasteiger partial charge in [-0.3, -0.25) is 9.80 Å². The SMILES string of the molecule is CCNC(C)C(C)N1CCN2CCCCC2C1. The summed E-state index contributed by atoms with van der Waals surface area (Å²) >= 11 is 0. The van der Waals surface area contributed by atoms with E-state index in [1.165, 1.54) is 45.4 Å². The van der Waals surface area contributed by atoms with Gasteiger partial charge in [-0.15, -0.1) is 0 Å². The molecule has 17 heavy (non-hydrogen) atoms. The Morgan fingerprint density at radius 3 is 2.76 bits per heavy atom. The normalized spacial score (nSPS) is 30.9. The molecule has 0 radical (unpaired) electrons. The van der Waals surface area contributed by atoms with Crippen molar-refractivity contribution in [1.29, 1.82) is 0 Å². The molecule has 0 amide bonds. The molecule has 0 aromatic heterocycles. The lowest BCUT2D eigenvalue weighted by molar-refractivity contribution is 0.0241. The molecule has 0 aromatic carbocycles. The third kappa shape index (κ3) is 3.21. The number of nitrogens with one attached hydrogen (secondary N) is 1. The van der Waals surface area contributed by atoms with Crippen LogP contribution >= 0.6 is 0 Å². The molecular formula is C14H29N3. The monoisotopic (exact) mass is 239 g/mol. The highest BCUT2D eigenvalue weighted by molar-refractivity contribution is 4.89. The maximum atomic E-state index is 3.56. The molecule has 3 heteroatoms. The maximum Gasteiger partial charge on any atom is 0.0223 e. The summed E-state index contributed by atoms with van der Waals surface area (Å²) in [5.41, 5.74) is 0. The zero-order chi connectivity index (χ0) is 12.3. The number of piperidine rings is 1. The molecule has 0 aliphatic carbocycles. The Morgan fingerprint density at radius 1 is 1.18 bits per heavy atom. The molecule has 0 spiro atoms. The smallest absolute Gasteiger partial charge is 0.0223 e. The lowest BCUT2D eigenvalue weighted by atomic mass is 9.98. The van der Waals surface area contributed by atoms with Gasteiger partial charge in [0.25, 0.3) is 0 Å². The van der Waals surface area contributed by atoms with Crippen molar-refractivity contribution in [2.24, 2.45) is 0 Å². The molecule has 0 bridgehead atoms. The Bertz CT molecular complexity index is 232. The van der Waals surface area contributed by atoms with Crippen LogP contribution in [-0.2, 0) is 0 Å². The van der Waals surface area contributed by atoms with E-state index in [2.05, 4.69) is 35.9 Å². The second-order valence-electron chi connectivity index (χ2n) is 5.77. The summed E-state index contributed by atoms with van der Waals surface area (Å²) in [6.45, 7) is 13.2. The van der Waals surface area contributed by atoms with E-state index in [1.54, 1.807) is 0 Å². The summed E-state index contributed by atoms with van der Waals surface area (Å²) in [7, 11) is 0. The molecule has 3 unspecified atom stereocenters. The van der Waals surface area contributed by atoms with Crippen molar-refractivity contribution in [2.75, 3.05) is 32.7 Å². The molecule has 0 saturated carbocycles. The molecule has 2 fully saturated rings. The number of nitrogens with zero attached hydrogens (tertiary/aromatic N) is 2. The Morgan fingerprint density at radius 2 is 2.00 bits per heavy atom. The first-order chi connectivity index (χ1) is 8.22. The van der Waals surface area contributed by atoms with Gasteiger partial charge >= 0.3 is 0 Å². The molecule has 2 rings (SSSR count). The van der Waals surface area contributed by atoms with E-state index in [1.807, 2.05) is 0 Å². The van der Waals surface area contributed by atoms with Crippen LogP contribution in [-0.4, -0.2) is 60.6 Å². The van der Waals surface area contributed by atoms with E-state index in [-0.39, 0.29) is 0 Å². The van der Waals surface area contributed by atoms with Crippen LogP contribution in [0.15, 0.2) is 0 Å². The number of hydrogen-bond donors (Lipinski definition) is 1. The first-order valence-electron chi connectivity index (χ1n) is 7.44. The topological polar surface area (TPSA) is 18.5 Å². The third-order valence-corrected chi connectivity index (χ3v) is 4.69. The predicted molar refractivity (Wildman–Crippen MR) is 73.4 cm³/mol. The zero-order valence-electron chi connectivity index (χ0n) is 11.8. The van der Waals surface area contributed by atoms with Gasteiger partial charge in [-0.2, -0.15) is 0 Å². The van der Waals surface area contributed by atoms with Crippen molar-refractivity contribution in [3.05, 3.63) is 0 Å². The van der Waals surface area contributed by atoms with Crippen LogP contribution in [0.4, 0.5) is 0 Å². The minimum Gasteiger partial charge on any atom is -0.313 e. The summed E-state index contributed by atoms with van der Waals surface area (Å²) in [4.78, 5) is 5.41. The molecule has 2 saturated heterocycles. The standard InChI is InChI=1S/C14H29N3/c1-4-15-12(2)13(3)17-10-9-16-8-6-5-7-14(16)11-17/h12-15H,4-11H2,1-3H3. The largest absolute Gasteiger partial charge is 0.313 e. The zero-order valence-corrected chi connectivity index (χ0v) is 11.8. The van der Waals surface area contributed by atoms with Crippen molar-refractivity contribution in [1.82, 2.24) is 15.1 Å². The van der Waals surface area contributed by atoms with E-state index >= 15 is 0 Å². The highest BCUT2D eigenvalue weighted by atomic mass is 15.3. The average Bonchev–Trinajstić information content (AvgIpc) is 2.37. The summed E-state index contributed by atoms with van der Waals surface area (Å²) in [6, 6.07) is 2.11. The summed E-state index contributed by atoms with van der Waals surface area (Å²) in [6.07, 6.45) is 4.27. The van der Waals surface area contributed by atoms with E-state index in [0.29, 0.717) is 12.1 Å². The lowest BCUT2D eigenvalue weighted by Crippen LogP contribution is -2.59. The Labute approximate surface area is 107 Å². The molecule has 2 heterocycles. The molecule has 2 aliphatic heterocycles. The highest BCUT2D eigenvalue weighted by Gasteiger charge is 2.31. The van der Waals surface area contributed by atoms with Crippen LogP contribution in [0.3, 0.4) is 0 Å². The molecular weight excluding hydrogens is 210 g/mol. The molecule has 0 aromatic rings. The Hall–Kier alpha value is -0.120. The first-order valence-corrected chi connectivity index (χ1v) is 7.44. The quantitative estimate of drug-likeness (QED) is 0.803. The van der Waals surface area contributed by atoms with E-state index < -0.39 is 0 Å². The van der Waals surface area contributed by atoms with E-state index in [9.17, 15) is 0 Å². The summed E-state index contributed by atoms with van der Waals surface area (Å²) in [5.74, 6) is 0. The van der Waals surface area contributed by atoms with Gasteiger partial charge in [-0.1, -0.05) is 13.3 Å².